The number of quaternary nitrogens is 1. The first-order valence-electron chi connectivity index (χ1n) is 15.4. The monoisotopic (exact) mass is 512 g/mol. The van der Waals surface area contributed by atoms with Gasteiger partial charge in [0.1, 0.15) is 5.54 Å². The van der Waals surface area contributed by atoms with Crippen LogP contribution in [0.3, 0.4) is 0 Å². The highest BCUT2D eigenvalue weighted by Gasteiger charge is 2.49. The average molecular weight is 514 g/mol. The number of carbonyl (C=O) groups excluding carboxylic acids is 1. The van der Waals surface area contributed by atoms with Crippen LogP contribution >= 0.6 is 11.6 Å². The van der Waals surface area contributed by atoms with Crippen LogP contribution in [0.25, 0.3) is 0 Å². The molecule has 3 atom stereocenters. The van der Waals surface area contributed by atoms with Gasteiger partial charge in [0.2, 0.25) is 6.73 Å². The molecule has 0 radical (unpaired) electrons. The molecule has 0 N–H and O–H groups in total. The van der Waals surface area contributed by atoms with E-state index in [4.69, 9.17) is 27.3 Å². The van der Waals surface area contributed by atoms with Gasteiger partial charge in [0, 0.05) is 23.5 Å². The van der Waals surface area contributed by atoms with Gasteiger partial charge in [-0.2, -0.15) is 0 Å². The summed E-state index contributed by atoms with van der Waals surface area (Å²) in [5.74, 6) is -0.918. The Labute approximate surface area is 227 Å². The molecule has 2 aromatic rings. The number of nitrogens with zero attached hydrogens (tertiary/aromatic N) is 2. The van der Waals surface area contributed by atoms with E-state index < -0.39 is 35.9 Å². The smallest absolute Gasteiger partial charge is 0.315 e. The first-order chi connectivity index (χ1) is 18.7. The largest absolute Gasteiger partial charge is 1.00 e. The molecule has 34 heavy (non-hydrogen) atoms. The molecule has 4 rings (SSSR count). The molecule has 0 spiro atoms. The van der Waals surface area contributed by atoms with Crippen LogP contribution in [0.15, 0.2) is 48.4 Å². The van der Waals surface area contributed by atoms with Gasteiger partial charge in [-0.15, -0.1) is 0 Å². The van der Waals surface area contributed by atoms with E-state index >= 15 is 0 Å². The van der Waals surface area contributed by atoms with Gasteiger partial charge in [-0.25, -0.2) is 0 Å². The molecule has 0 aromatic heterocycles. The van der Waals surface area contributed by atoms with Crippen LogP contribution in [0, 0.1) is 5.41 Å². The minimum Gasteiger partial charge on any atom is -1.00 e. The summed E-state index contributed by atoms with van der Waals surface area (Å²) in [7, 11) is 0. The Morgan fingerprint density at radius 2 is 1.97 bits per heavy atom. The van der Waals surface area contributed by atoms with E-state index in [9.17, 15) is 4.79 Å². The summed E-state index contributed by atoms with van der Waals surface area (Å²) in [4.78, 5) is 14.8. The molecular weight excluding hydrogens is 467 g/mol. The van der Waals surface area contributed by atoms with E-state index in [1.165, 1.54) is 0 Å². The van der Waals surface area contributed by atoms with Crippen molar-refractivity contribution in [3.63, 3.8) is 0 Å². The van der Waals surface area contributed by atoms with E-state index in [-0.39, 0.29) is 65.9 Å². The zero-order chi connectivity index (χ0) is 30.9. The Morgan fingerprint density at radius 1 is 1.26 bits per heavy atom. The number of rotatable bonds is 4. The number of benzene rings is 2. The van der Waals surface area contributed by atoms with Gasteiger partial charge in [0.05, 0.1) is 36.4 Å². The van der Waals surface area contributed by atoms with Crippen LogP contribution in [-0.4, -0.2) is 54.2 Å². The number of hydrogen-bond acceptors (Lipinski definition) is 3. The van der Waals surface area contributed by atoms with Gasteiger partial charge >= 0.3 is 5.97 Å². The standard InChI is InChI=1S/C28H38ClN2O2.ClH/c1-27(2,3)26(32)33-19-31(6)15-14-30(18-28(31,4)5)25-17-23(20-10-8-7-9-11-20)22-13-12-21(29)16-24(22)25;/h7-13,16,23,25H,14-15,17-19H2,1-6H3;1H/q+1;/p-1/t23-,25+,31+;/m0./s1/i6D3,7D,8D,9D,10D,11D;. The van der Waals surface area contributed by atoms with E-state index in [0.717, 1.165) is 11.1 Å². The SMILES string of the molecule is [2H]c1c([2H])c([2H])c([C@@H]2C[C@@H](N3CC[N@@+](COC(=O)C(C)(C)C)(C([2H])([2H])[2H])C(C)(C)C3)c3cc(Cl)ccc32)c([2H])c1[2H].[Cl-]. The van der Waals surface area contributed by atoms with Crippen molar-refractivity contribution in [2.75, 3.05) is 33.3 Å². The number of fused-ring (bicyclic) bond motifs is 1. The van der Waals surface area contributed by atoms with Crippen LogP contribution in [0.4, 0.5) is 0 Å². The lowest BCUT2D eigenvalue weighted by Crippen LogP contribution is -3.00. The number of esters is 1. The zero-order valence-corrected chi connectivity index (χ0v) is 21.9. The van der Waals surface area contributed by atoms with Gasteiger partial charge in [-0.1, -0.05) is 47.9 Å². The van der Waals surface area contributed by atoms with Gasteiger partial charge < -0.3 is 17.1 Å². The zero-order valence-electron chi connectivity index (χ0n) is 28.4. The number of carbonyl (C=O) groups is 1. The van der Waals surface area contributed by atoms with Crippen molar-refractivity contribution in [3.8, 4) is 0 Å². The summed E-state index contributed by atoms with van der Waals surface area (Å²) in [5.41, 5.74) is 0.376. The summed E-state index contributed by atoms with van der Waals surface area (Å²) in [6.45, 7) is 7.17. The molecule has 186 valence electrons. The minimum absolute atomic E-state index is 0. The molecule has 4 nitrogen and oxygen atoms in total. The van der Waals surface area contributed by atoms with Crippen molar-refractivity contribution in [2.45, 2.75) is 58.5 Å². The highest BCUT2D eigenvalue weighted by atomic mass is 35.5. The molecule has 1 heterocycles. The third kappa shape index (κ3) is 5.16. The molecule has 1 fully saturated rings. The molecule has 2 aromatic carbocycles. The fraction of sp³-hybridized carbons (Fsp3) is 0.536. The van der Waals surface area contributed by atoms with Crippen molar-refractivity contribution in [3.05, 3.63) is 70.1 Å². The Morgan fingerprint density at radius 3 is 2.59 bits per heavy atom. The van der Waals surface area contributed by atoms with Crippen LogP contribution in [0.2, 0.25) is 5.02 Å². The fourth-order valence-corrected chi connectivity index (χ4v) is 5.07. The predicted octanol–water partition coefficient (Wildman–Crippen LogP) is 3.01. The minimum atomic E-state index is -2.44. The number of ether oxygens (including phenoxy) is 1. The molecular formula is C28H38Cl2N2O2. The average Bonchev–Trinajstić information content (AvgIpc) is 3.22. The van der Waals surface area contributed by atoms with Crippen molar-refractivity contribution < 1.29 is 37.4 Å². The third-order valence-electron chi connectivity index (χ3n) is 7.10. The maximum Gasteiger partial charge on any atom is 0.315 e. The molecule has 0 amide bonds. The topological polar surface area (TPSA) is 29.5 Å². The Bertz CT molecular complexity index is 1350. The van der Waals surface area contributed by atoms with Crippen molar-refractivity contribution >= 4 is 17.6 Å². The quantitative estimate of drug-likeness (QED) is 0.465. The number of halogens is 2. The molecule has 1 aliphatic heterocycles. The van der Waals surface area contributed by atoms with Crippen molar-refractivity contribution in [1.82, 2.24) is 4.90 Å². The lowest BCUT2D eigenvalue weighted by Gasteiger charge is -2.54. The molecule has 0 bridgehead atoms. The van der Waals surface area contributed by atoms with E-state index in [1.54, 1.807) is 26.8 Å². The van der Waals surface area contributed by atoms with Crippen LogP contribution < -0.4 is 12.4 Å². The van der Waals surface area contributed by atoms with E-state index in [1.807, 2.05) is 26.0 Å². The van der Waals surface area contributed by atoms with Crippen LogP contribution in [-0.2, 0) is 9.53 Å². The maximum absolute atomic E-state index is 12.6. The van der Waals surface area contributed by atoms with Gasteiger partial charge in [0.15, 0.2) is 0 Å². The molecule has 1 aliphatic carbocycles. The van der Waals surface area contributed by atoms with Gasteiger partial charge in [-0.05, 0) is 69.9 Å². The summed E-state index contributed by atoms with van der Waals surface area (Å²) in [5, 5.41) is 0.522. The first kappa shape index (κ1) is 17.8. The maximum atomic E-state index is 12.6. The number of piperazine rings is 1. The fourth-order valence-electron chi connectivity index (χ4n) is 4.89. The van der Waals surface area contributed by atoms with Gasteiger partial charge in [-0.3, -0.25) is 14.2 Å². The van der Waals surface area contributed by atoms with E-state index in [0.29, 0.717) is 24.5 Å². The van der Waals surface area contributed by atoms with Crippen molar-refractivity contribution in [2.24, 2.45) is 5.41 Å². The van der Waals surface area contributed by atoms with Gasteiger partial charge in [0.25, 0.3) is 0 Å². The van der Waals surface area contributed by atoms with Crippen LogP contribution in [0.5, 0.6) is 0 Å². The molecule has 2 aliphatic rings. The molecule has 0 saturated carbocycles. The second kappa shape index (κ2) is 9.81. The summed E-state index contributed by atoms with van der Waals surface area (Å²) in [6.07, 6.45) is 0.451. The second-order valence-corrected chi connectivity index (χ2v) is 11.3. The molecule has 0 unspecified atom stereocenters. The third-order valence-corrected chi connectivity index (χ3v) is 7.33. The lowest BCUT2D eigenvalue weighted by atomic mass is 9.92. The highest BCUT2D eigenvalue weighted by molar-refractivity contribution is 6.30. The van der Waals surface area contributed by atoms with Crippen molar-refractivity contribution in [1.29, 1.82) is 0 Å². The Balaban J connectivity index is 0.00000484. The summed E-state index contributed by atoms with van der Waals surface area (Å²) < 4.78 is 72.3. The number of hydrogen-bond donors (Lipinski definition) is 0. The molecule has 6 heteroatoms. The summed E-state index contributed by atoms with van der Waals surface area (Å²) >= 11 is 6.42. The highest BCUT2D eigenvalue weighted by Crippen LogP contribution is 2.48. The Kier molecular flexibility index (Phi) is 5.13. The van der Waals surface area contributed by atoms with E-state index in [2.05, 4.69) is 4.90 Å². The van der Waals surface area contributed by atoms with Crippen LogP contribution in [0.1, 0.15) is 80.7 Å². The molecule has 1 saturated heterocycles. The normalized spacial score (nSPS) is 30.2. The Hall–Kier alpha value is -1.59. The summed E-state index contributed by atoms with van der Waals surface area (Å²) in [6, 6.07) is 3.61. The first-order valence-corrected chi connectivity index (χ1v) is 11.8. The second-order valence-electron chi connectivity index (χ2n) is 10.9. The lowest BCUT2D eigenvalue weighted by molar-refractivity contribution is -0.974. The number of likely N-dealkylation sites (N-methyl/N-ethyl adjacent to an activating group) is 1. The predicted molar refractivity (Wildman–Crippen MR) is 134 cm³/mol.